The van der Waals surface area contributed by atoms with Gasteiger partial charge in [0, 0.05) is 0 Å². The Morgan fingerprint density at radius 2 is 1.59 bits per heavy atom. The van der Waals surface area contributed by atoms with Crippen LogP contribution in [0.3, 0.4) is 0 Å². The molecule has 0 N–H and O–H groups in total. The fourth-order valence-corrected chi connectivity index (χ4v) is 4.81. The summed E-state index contributed by atoms with van der Waals surface area (Å²) < 4.78 is 7.89. The van der Waals surface area contributed by atoms with Crippen LogP contribution in [-0.2, 0) is 20.9 Å². The standard InChI is InChI=1S/C26H24N2O3S/c1-3-31-23(29)17-28-21-15-14-18(2)16-22(21)32-26(28)27-25(30)24(19-10-6-4-7-11-19)20-12-8-5-9-13-20/h4-16,24H,3,17H2,1-2H3. The Kier molecular flexibility index (Phi) is 6.61. The summed E-state index contributed by atoms with van der Waals surface area (Å²) in [5, 5.41) is 0. The number of aromatic nitrogens is 1. The molecular formula is C26H24N2O3S. The zero-order valence-corrected chi connectivity index (χ0v) is 18.8. The van der Waals surface area contributed by atoms with E-state index in [1.54, 1.807) is 11.5 Å². The molecule has 0 saturated heterocycles. The normalized spacial score (nSPS) is 11.8. The number of esters is 1. The van der Waals surface area contributed by atoms with Gasteiger partial charge in [0.1, 0.15) is 6.54 Å². The first-order valence-electron chi connectivity index (χ1n) is 10.5. The van der Waals surface area contributed by atoms with Crippen LogP contribution in [0.5, 0.6) is 0 Å². The van der Waals surface area contributed by atoms with Gasteiger partial charge < -0.3 is 9.30 Å². The Morgan fingerprint density at radius 3 is 2.19 bits per heavy atom. The molecule has 162 valence electrons. The van der Waals surface area contributed by atoms with Crippen molar-refractivity contribution in [1.29, 1.82) is 0 Å². The van der Waals surface area contributed by atoms with Gasteiger partial charge in [-0.2, -0.15) is 4.99 Å². The predicted molar refractivity (Wildman–Crippen MR) is 126 cm³/mol. The van der Waals surface area contributed by atoms with E-state index in [1.165, 1.54) is 11.3 Å². The molecule has 0 aliphatic carbocycles. The van der Waals surface area contributed by atoms with E-state index in [0.717, 1.165) is 26.9 Å². The molecule has 4 aromatic rings. The van der Waals surface area contributed by atoms with Crippen LogP contribution in [0, 0.1) is 6.92 Å². The van der Waals surface area contributed by atoms with Crippen molar-refractivity contribution >= 4 is 33.4 Å². The molecule has 0 spiro atoms. The summed E-state index contributed by atoms with van der Waals surface area (Å²) in [6.45, 7) is 4.09. The van der Waals surface area contributed by atoms with Crippen molar-refractivity contribution in [2.75, 3.05) is 6.61 Å². The molecule has 0 aliphatic rings. The van der Waals surface area contributed by atoms with Gasteiger partial charge in [0.05, 0.1) is 22.7 Å². The summed E-state index contributed by atoms with van der Waals surface area (Å²) in [7, 11) is 0. The zero-order valence-electron chi connectivity index (χ0n) is 18.0. The molecule has 1 heterocycles. The molecule has 0 aliphatic heterocycles. The molecule has 1 aromatic heterocycles. The highest BCUT2D eigenvalue weighted by Gasteiger charge is 2.23. The number of benzene rings is 3. The lowest BCUT2D eigenvalue weighted by Gasteiger charge is -2.14. The number of rotatable bonds is 6. The van der Waals surface area contributed by atoms with Crippen molar-refractivity contribution in [3.8, 4) is 0 Å². The Bertz CT molecular complexity index is 1270. The summed E-state index contributed by atoms with van der Waals surface area (Å²) in [6, 6.07) is 25.2. The Labute approximate surface area is 190 Å². The number of amides is 1. The monoisotopic (exact) mass is 444 g/mol. The first-order valence-corrected chi connectivity index (χ1v) is 11.3. The van der Waals surface area contributed by atoms with Crippen LogP contribution in [0.1, 0.15) is 29.5 Å². The lowest BCUT2D eigenvalue weighted by atomic mass is 9.91. The first kappa shape index (κ1) is 21.7. The lowest BCUT2D eigenvalue weighted by Crippen LogP contribution is -2.24. The zero-order chi connectivity index (χ0) is 22.5. The maximum Gasteiger partial charge on any atom is 0.326 e. The van der Waals surface area contributed by atoms with E-state index in [9.17, 15) is 9.59 Å². The molecule has 0 atom stereocenters. The minimum atomic E-state index is -0.527. The van der Waals surface area contributed by atoms with Crippen LogP contribution in [0.25, 0.3) is 10.2 Å². The number of hydrogen-bond acceptors (Lipinski definition) is 4. The lowest BCUT2D eigenvalue weighted by molar-refractivity contribution is -0.143. The van der Waals surface area contributed by atoms with Gasteiger partial charge in [-0.05, 0) is 42.7 Å². The minimum Gasteiger partial charge on any atom is -0.465 e. The van der Waals surface area contributed by atoms with E-state index in [1.807, 2.05) is 85.8 Å². The number of hydrogen-bond donors (Lipinski definition) is 0. The number of nitrogens with zero attached hydrogens (tertiary/aromatic N) is 2. The molecule has 6 heteroatoms. The number of carbonyl (C=O) groups excluding carboxylic acids is 2. The van der Waals surface area contributed by atoms with Gasteiger partial charge in [0.2, 0.25) is 0 Å². The van der Waals surface area contributed by atoms with Crippen LogP contribution in [-0.4, -0.2) is 23.1 Å². The molecule has 0 unspecified atom stereocenters. The van der Waals surface area contributed by atoms with E-state index < -0.39 is 5.92 Å². The summed E-state index contributed by atoms with van der Waals surface area (Å²) >= 11 is 1.40. The number of fused-ring (bicyclic) bond motifs is 1. The topological polar surface area (TPSA) is 60.7 Å². The van der Waals surface area contributed by atoms with E-state index >= 15 is 0 Å². The van der Waals surface area contributed by atoms with Crippen LogP contribution in [0.2, 0.25) is 0 Å². The quantitative estimate of drug-likeness (QED) is 0.400. The summed E-state index contributed by atoms with van der Waals surface area (Å²) in [5.74, 6) is -1.16. The van der Waals surface area contributed by atoms with Crippen LogP contribution < -0.4 is 4.80 Å². The molecule has 0 radical (unpaired) electrons. The number of ether oxygens (including phenoxy) is 1. The van der Waals surface area contributed by atoms with Crippen molar-refractivity contribution in [3.63, 3.8) is 0 Å². The number of thiazole rings is 1. The Balaban J connectivity index is 1.84. The molecule has 1 amide bonds. The van der Waals surface area contributed by atoms with Crippen molar-refractivity contribution in [1.82, 2.24) is 4.57 Å². The molecule has 5 nitrogen and oxygen atoms in total. The van der Waals surface area contributed by atoms with Crippen molar-refractivity contribution in [2.24, 2.45) is 4.99 Å². The average molecular weight is 445 g/mol. The molecule has 0 bridgehead atoms. The van der Waals surface area contributed by atoms with Crippen LogP contribution in [0.15, 0.2) is 83.9 Å². The van der Waals surface area contributed by atoms with E-state index in [4.69, 9.17) is 4.74 Å². The Morgan fingerprint density at radius 1 is 0.969 bits per heavy atom. The third-order valence-electron chi connectivity index (χ3n) is 5.15. The number of carbonyl (C=O) groups is 2. The first-order chi connectivity index (χ1) is 15.6. The Hall–Kier alpha value is -3.51. The van der Waals surface area contributed by atoms with Gasteiger partial charge in [-0.1, -0.05) is 78.1 Å². The van der Waals surface area contributed by atoms with Gasteiger partial charge in [-0.3, -0.25) is 9.59 Å². The highest BCUT2D eigenvalue weighted by Crippen LogP contribution is 2.26. The van der Waals surface area contributed by atoms with Gasteiger partial charge in [-0.15, -0.1) is 0 Å². The van der Waals surface area contributed by atoms with E-state index in [-0.39, 0.29) is 18.4 Å². The van der Waals surface area contributed by atoms with Crippen molar-refractivity contribution in [2.45, 2.75) is 26.3 Å². The van der Waals surface area contributed by atoms with E-state index in [0.29, 0.717) is 11.4 Å². The molecule has 0 saturated carbocycles. The molecule has 3 aromatic carbocycles. The summed E-state index contributed by atoms with van der Waals surface area (Å²) in [5.41, 5.74) is 3.71. The molecular weight excluding hydrogens is 420 g/mol. The average Bonchev–Trinajstić information content (AvgIpc) is 3.11. The minimum absolute atomic E-state index is 0.00432. The van der Waals surface area contributed by atoms with E-state index in [2.05, 4.69) is 4.99 Å². The van der Waals surface area contributed by atoms with Crippen molar-refractivity contribution < 1.29 is 14.3 Å². The highest BCUT2D eigenvalue weighted by molar-refractivity contribution is 7.16. The SMILES string of the molecule is CCOC(=O)Cn1c(=NC(=O)C(c2ccccc2)c2ccccc2)sc2cc(C)ccc21. The van der Waals surface area contributed by atoms with Crippen LogP contribution in [0.4, 0.5) is 0 Å². The van der Waals surface area contributed by atoms with Gasteiger partial charge >= 0.3 is 5.97 Å². The second-order valence-electron chi connectivity index (χ2n) is 7.45. The predicted octanol–water partition coefficient (Wildman–Crippen LogP) is 4.83. The van der Waals surface area contributed by atoms with Gasteiger partial charge in [-0.25, -0.2) is 0 Å². The summed E-state index contributed by atoms with van der Waals surface area (Å²) in [4.78, 5) is 30.8. The third kappa shape index (κ3) is 4.70. The fraction of sp³-hybridized carbons (Fsp3) is 0.192. The molecule has 0 fully saturated rings. The van der Waals surface area contributed by atoms with Gasteiger partial charge in [0.15, 0.2) is 4.80 Å². The second kappa shape index (κ2) is 9.75. The molecule has 4 rings (SSSR count). The van der Waals surface area contributed by atoms with Gasteiger partial charge in [0.25, 0.3) is 5.91 Å². The fourth-order valence-electron chi connectivity index (χ4n) is 3.68. The second-order valence-corrected chi connectivity index (χ2v) is 8.46. The van der Waals surface area contributed by atoms with Crippen molar-refractivity contribution in [3.05, 3.63) is 100 Å². The maximum absolute atomic E-state index is 13.5. The highest BCUT2D eigenvalue weighted by atomic mass is 32.1. The maximum atomic E-state index is 13.5. The van der Waals surface area contributed by atoms with Crippen LogP contribution >= 0.6 is 11.3 Å². The smallest absolute Gasteiger partial charge is 0.326 e. The number of aryl methyl sites for hydroxylation is 1. The third-order valence-corrected chi connectivity index (χ3v) is 6.19. The summed E-state index contributed by atoms with van der Waals surface area (Å²) in [6.07, 6.45) is 0. The largest absolute Gasteiger partial charge is 0.465 e. The molecule has 32 heavy (non-hydrogen) atoms.